The minimum Gasteiger partial charge on any atom is -0.377 e. The van der Waals surface area contributed by atoms with Crippen molar-refractivity contribution in [1.82, 2.24) is 0 Å². The molecule has 0 aliphatic heterocycles. The van der Waals surface area contributed by atoms with Gasteiger partial charge in [-0.2, -0.15) is 0 Å². The molecule has 0 heterocycles. The lowest BCUT2D eigenvalue weighted by Crippen LogP contribution is -2.19. The van der Waals surface area contributed by atoms with E-state index in [0.29, 0.717) is 5.92 Å². The van der Waals surface area contributed by atoms with Crippen molar-refractivity contribution in [2.24, 2.45) is 0 Å². The Bertz CT molecular complexity index is 615. The lowest BCUT2D eigenvalue weighted by Gasteiger charge is -2.28. The molecule has 108 valence electrons. The van der Waals surface area contributed by atoms with E-state index in [1.807, 2.05) is 0 Å². The van der Waals surface area contributed by atoms with E-state index >= 15 is 0 Å². The number of benzene rings is 2. The molecule has 0 unspecified atom stereocenters. The van der Waals surface area contributed by atoms with Crippen LogP contribution in [0.1, 0.15) is 51.7 Å². The zero-order valence-corrected chi connectivity index (χ0v) is 13.9. The number of hydrogen-bond donors (Lipinski definition) is 0. The molecule has 0 fully saturated rings. The minimum atomic E-state index is 0.157. The molecule has 2 rings (SSSR count). The van der Waals surface area contributed by atoms with Gasteiger partial charge in [0, 0.05) is 25.2 Å². The maximum Gasteiger partial charge on any atom is 0.0478 e. The molecule has 1 nitrogen and oxygen atoms in total. The Labute approximate surface area is 123 Å². The molecule has 20 heavy (non-hydrogen) atoms. The van der Waals surface area contributed by atoms with Gasteiger partial charge in [-0.05, 0) is 27.8 Å². The molecular weight excluding hydrogens is 242 g/mol. The summed E-state index contributed by atoms with van der Waals surface area (Å²) in [7, 11) is 4.28. The number of anilines is 1. The van der Waals surface area contributed by atoms with E-state index in [-0.39, 0.29) is 5.41 Å². The van der Waals surface area contributed by atoms with Crippen LogP contribution in [0.2, 0.25) is 0 Å². The number of hydrogen-bond acceptors (Lipinski definition) is 1. The summed E-state index contributed by atoms with van der Waals surface area (Å²) in [6, 6.07) is 11.5. The average Bonchev–Trinajstić information content (AvgIpc) is 2.35. The normalized spacial score (nSPS) is 12.2. The number of nitrogens with zero attached hydrogens (tertiary/aromatic N) is 1. The molecule has 0 aliphatic rings. The largest absolute Gasteiger partial charge is 0.377 e. The summed E-state index contributed by atoms with van der Waals surface area (Å²) in [5.74, 6) is 0.574. The minimum absolute atomic E-state index is 0.157. The highest BCUT2D eigenvalue weighted by Crippen LogP contribution is 2.37. The molecule has 0 amide bonds. The van der Waals surface area contributed by atoms with Crippen molar-refractivity contribution in [3.05, 3.63) is 41.5 Å². The zero-order chi connectivity index (χ0) is 15.1. The predicted octanol–water partition coefficient (Wildman–Crippen LogP) is 5.33. The third kappa shape index (κ3) is 2.67. The van der Waals surface area contributed by atoms with Crippen LogP contribution in [0.4, 0.5) is 5.69 Å². The summed E-state index contributed by atoms with van der Waals surface area (Å²) in [5.41, 5.74) is 4.33. The molecule has 0 aliphatic carbocycles. The van der Waals surface area contributed by atoms with E-state index in [4.69, 9.17) is 0 Å². The van der Waals surface area contributed by atoms with Crippen LogP contribution in [0.5, 0.6) is 0 Å². The number of rotatable bonds is 2. The fourth-order valence-electron chi connectivity index (χ4n) is 2.78. The Kier molecular flexibility index (Phi) is 3.82. The third-order valence-corrected chi connectivity index (χ3v) is 3.94. The van der Waals surface area contributed by atoms with Crippen LogP contribution in [0.3, 0.4) is 0 Å². The number of fused-ring (bicyclic) bond motifs is 1. The van der Waals surface area contributed by atoms with Crippen molar-refractivity contribution < 1.29 is 0 Å². The second-order valence-electron chi connectivity index (χ2n) is 7.24. The van der Waals surface area contributed by atoms with Gasteiger partial charge >= 0.3 is 0 Å². The van der Waals surface area contributed by atoms with Crippen molar-refractivity contribution in [2.45, 2.75) is 46.0 Å². The maximum absolute atomic E-state index is 2.33. The molecule has 0 radical (unpaired) electrons. The molecule has 0 atom stereocenters. The first kappa shape index (κ1) is 14.9. The summed E-state index contributed by atoms with van der Waals surface area (Å²) in [4.78, 5) is 2.25. The van der Waals surface area contributed by atoms with Crippen LogP contribution >= 0.6 is 0 Å². The molecule has 0 bridgehead atoms. The fourth-order valence-corrected chi connectivity index (χ4v) is 2.78. The van der Waals surface area contributed by atoms with Crippen LogP contribution < -0.4 is 4.90 Å². The first-order chi connectivity index (χ1) is 9.21. The van der Waals surface area contributed by atoms with Crippen LogP contribution in [0.25, 0.3) is 10.8 Å². The van der Waals surface area contributed by atoms with Gasteiger partial charge in [0.25, 0.3) is 0 Å². The second-order valence-corrected chi connectivity index (χ2v) is 7.24. The van der Waals surface area contributed by atoms with Crippen LogP contribution in [0.15, 0.2) is 30.3 Å². The van der Waals surface area contributed by atoms with E-state index in [9.17, 15) is 0 Å². The Morgan fingerprint density at radius 2 is 1.60 bits per heavy atom. The SMILES string of the molecule is CC(C)c1ccc2c(N(C)C)c(C(C)(C)C)ccc2c1. The van der Waals surface area contributed by atoms with E-state index in [1.165, 1.54) is 27.6 Å². The Morgan fingerprint density at radius 1 is 0.950 bits per heavy atom. The highest BCUT2D eigenvalue weighted by atomic mass is 15.1. The molecule has 1 heteroatoms. The monoisotopic (exact) mass is 269 g/mol. The predicted molar refractivity (Wildman–Crippen MR) is 91.1 cm³/mol. The molecule has 0 saturated carbocycles. The highest BCUT2D eigenvalue weighted by molar-refractivity contribution is 5.96. The van der Waals surface area contributed by atoms with Gasteiger partial charge in [-0.15, -0.1) is 0 Å². The fraction of sp³-hybridized carbons (Fsp3) is 0.474. The Morgan fingerprint density at radius 3 is 2.10 bits per heavy atom. The quantitative estimate of drug-likeness (QED) is 0.712. The molecule has 2 aromatic carbocycles. The van der Waals surface area contributed by atoms with E-state index in [1.54, 1.807) is 0 Å². The van der Waals surface area contributed by atoms with Crippen LogP contribution in [-0.2, 0) is 5.41 Å². The highest BCUT2D eigenvalue weighted by Gasteiger charge is 2.21. The van der Waals surface area contributed by atoms with Gasteiger partial charge in [-0.3, -0.25) is 0 Å². The first-order valence-electron chi connectivity index (χ1n) is 7.46. The zero-order valence-electron chi connectivity index (χ0n) is 13.9. The van der Waals surface area contributed by atoms with Crippen molar-refractivity contribution in [3.8, 4) is 0 Å². The van der Waals surface area contributed by atoms with Crippen molar-refractivity contribution in [3.63, 3.8) is 0 Å². The van der Waals surface area contributed by atoms with Gasteiger partial charge in [-0.1, -0.05) is 65.0 Å². The molecule has 0 aromatic heterocycles. The van der Waals surface area contributed by atoms with Gasteiger partial charge in [0.1, 0.15) is 0 Å². The van der Waals surface area contributed by atoms with E-state index < -0.39 is 0 Å². The van der Waals surface area contributed by atoms with Gasteiger partial charge in [-0.25, -0.2) is 0 Å². The van der Waals surface area contributed by atoms with Crippen LogP contribution in [-0.4, -0.2) is 14.1 Å². The first-order valence-corrected chi connectivity index (χ1v) is 7.46. The van der Waals surface area contributed by atoms with Crippen molar-refractivity contribution in [2.75, 3.05) is 19.0 Å². The Hall–Kier alpha value is -1.50. The average molecular weight is 269 g/mol. The molecule has 0 N–H and O–H groups in total. The van der Waals surface area contributed by atoms with Crippen molar-refractivity contribution in [1.29, 1.82) is 0 Å². The molecule has 2 aromatic rings. The molecule has 0 spiro atoms. The van der Waals surface area contributed by atoms with Gasteiger partial charge < -0.3 is 4.90 Å². The van der Waals surface area contributed by atoms with Gasteiger partial charge in [0.05, 0.1) is 0 Å². The van der Waals surface area contributed by atoms with Crippen LogP contribution in [0, 0.1) is 0 Å². The lowest BCUT2D eigenvalue weighted by atomic mass is 9.83. The van der Waals surface area contributed by atoms with Crippen molar-refractivity contribution >= 4 is 16.5 Å². The van der Waals surface area contributed by atoms with Gasteiger partial charge in [0.2, 0.25) is 0 Å². The summed E-state index contributed by atoms with van der Waals surface area (Å²) in [6.07, 6.45) is 0. The summed E-state index contributed by atoms with van der Waals surface area (Å²) < 4.78 is 0. The smallest absolute Gasteiger partial charge is 0.0478 e. The molecular formula is C19H27N. The maximum atomic E-state index is 2.33. The lowest BCUT2D eigenvalue weighted by molar-refractivity contribution is 0.590. The molecule has 0 saturated heterocycles. The summed E-state index contributed by atoms with van der Waals surface area (Å²) in [6.45, 7) is 11.3. The summed E-state index contributed by atoms with van der Waals surface area (Å²) >= 11 is 0. The van der Waals surface area contributed by atoms with Gasteiger partial charge in [0.15, 0.2) is 0 Å². The third-order valence-electron chi connectivity index (χ3n) is 3.94. The topological polar surface area (TPSA) is 3.24 Å². The van der Waals surface area contributed by atoms with E-state index in [2.05, 4.69) is 83.9 Å². The Balaban J connectivity index is 2.76. The summed E-state index contributed by atoms with van der Waals surface area (Å²) in [5, 5.41) is 2.69. The standard InChI is InChI=1S/C19H27N/c1-13(2)14-8-10-16-15(12-14)9-11-17(19(3,4)5)18(16)20(6)7/h8-13H,1-7H3. The second kappa shape index (κ2) is 5.12. The van der Waals surface area contributed by atoms with E-state index in [0.717, 1.165) is 0 Å².